The highest BCUT2D eigenvalue weighted by molar-refractivity contribution is 5.22. The molecule has 4 heteroatoms. The zero-order chi connectivity index (χ0) is 13.1. The van der Waals surface area contributed by atoms with Crippen LogP contribution in [-0.4, -0.2) is 9.55 Å². The number of rotatable bonds is 4. The molecule has 1 unspecified atom stereocenters. The Labute approximate surface area is 106 Å². The van der Waals surface area contributed by atoms with E-state index in [1.54, 1.807) is 24.7 Å². The quantitative estimate of drug-likeness (QED) is 0.902. The number of hydrogen-bond acceptors (Lipinski definition) is 2. The molecule has 0 saturated heterocycles. The summed E-state index contributed by atoms with van der Waals surface area (Å²) in [6.07, 6.45) is 4.44. The van der Waals surface area contributed by atoms with E-state index >= 15 is 0 Å². The molecule has 18 heavy (non-hydrogen) atoms. The molecule has 0 fully saturated rings. The topological polar surface area (TPSA) is 43.8 Å². The average Bonchev–Trinajstić information content (AvgIpc) is 2.87. The maximum atomic E-state index is 12.9. The molecule has 0 aliphatic carbocycles. The van der Waals surface area contributed by atoms with Crippen LogP contribution in [0.3, 0.4) is 0 Å². The predicted octanol–water partition coefficient (Wildman–Crippen LogP) is 3.04. The predicted molar refractivity (Wildman–Crippen MR) is 69.7 cm³/mol. The first-order chi connectivity index (χ1) is 8.63. The fourth-order valence-corrected chi connectivity index (χ4v) is 2.04. The fraction of sp³-hybridized carbons (Fsp3) is 0.357. The van der Waals surface area contributed by atoms with Gasteiger partial charge >= 0.3 is 0 Å². The van der Waals surface area contributed by atoms with Crippen molar-refractivity contribution in [2.24, 2.45) is 5.73 Å². The Bertz CT molecular complexity index is 504. The van der Waals surface area contributed by atoms with Gasteiger partial charge in [0, 0.05) is 12.2 Å². The number of benzene rings is 1. The van der Waals surface area contributed by atoms with Crippen LogP contribution in [0.5, 0.6) is 0 Å². The Morgan fingerprint density at radius 1 is 1.33 bits per heavy atom. The number of halogens is 1. The molecule has 0 amide bonds. The van der Waals surface area contributed by atoms with E-state index in [4.69, 9.17) is 5.73 Å². The molecule has 2 aromatic rings. The van der Waals surface area contributed by atoms with Gasteiger partial charge in [-0.3, -0.25) is 0 Å². The van der Waals surface area contributed by atoms with E-state index in [9.17, 15) is 4.39 Å². The third-order valence-electron chi connectivity index (χ3n) is 3.29. The second-order valence-electron chi connectivity index (χ2n) is 4.47. The second-order valence-corrected chi connectivity index (χ2v) is 4.47. The number of nitrogens with zero attached hydrogens (tertiary/aromatic N) is 2. The minimum Gasteiger partial charge on any atom is -0.326 e. The summed E-state index contributed by atoms with van der Waals surface area (Å²) < 4.78 is 15.0. The molecule has 0 spiro atoms. The molecule has 1 heterocycles. The monoisotopic (exact) mass is 247 g/mol. The normalized spacial score (nSPS) is 14.4. The van der Waals surface area contributed by atoms with Gasteiger partial charge in [0.2, 0.25) is 0 Å². The van der Waals surface area contributed by atoms with Crippen molar-refractivity contribution in [1.82, 2.24) is 9.55 Å². The molecular formula is C14H18FN3. The van der Waals surface area contributed by atoms with Gasteiger partial charge in [-0.15, -0.1) is 0 Å². The molecule has 0 aliphatic heterocycles. The van der Waals surface area contributed by atoms with Crippen LogP contribution in [0.4, 0.5) is 4.39 Å². The van der Waals surface area contributed by atoms with Gasteiger partial charge in [-0.05, 0) is 31.0 Å². The third kappa shape index (κ3) is 2.43. The van der Waals surface area contributed by atoms with Crippen LogP contribution in [0.25, 0.3) is 0 Å². The van der Waals surface area contributed by atoms with E-state index < -0.39 is 0 Å². The fourth-order valence-electron chi connectivity index (χ4n) is 2.04. The molecule has 96 valence electrons. The largest absolute Gasteiger partial charge is 0.326 e. The molecule has 1 aromatic carbocycles. The Morgan fingerprint density at radius 2 is 2.00 bits per heavy atom. The SMILES string of the molecule is CC[C@@H](N)c1cncn1C(C)c1ccc(F)cc1. The van der Waals surface area contributed by atoms with Gasteiger partial charge < -0.3 is 10.3 Å². The highest BCUT2D eigenvalue weighted by Gasteiger charge is 2.15. The minimum atomic E-state index is -0.220. The second kappa shape index (κ2) is 5.31. The van der Waals surface area contributed by atoms with Crippen LogP contribution < -0.4 is 5.73 Å². The molecule has 0 saturated carbocycles. The minimum absolute atomic E-state index is 0.0181. The first kappa shape index (κ1) is 12.8. The van der Waals surface area contributed by atoms with Crippen molar-refractivity contribution in [2.75, 3.05) is 0 Å². The summed E-state index contributed by atoms with van der Waals surface area (Å²) >= 11 is 0. The summed E-state index contributed by atoms with van der Waals surface area (Å²) in [5, 5.41) is 0. The highest BCUT2D eigenvalue weighted by atomic mass is 19.1. The maximum absolute atomic E-state index is 12.9. The maximum Gasteiger partial charge on any atom is 0.123 e. The van der Waals surface area contributed by atoms with Crippen molar-refractivity contribution in [1.29, 1.82) is 0 Å². The first-order valence-electron chi connectivity index (χ1n) is 6.16. The van der Waals surface area contributed by atoms with E-state index in [-0.39, 0.29) is 17.9 Å². The number of imidazole rings is 1. The Morgan fingerprint density at radius 3 is 2.61 bits per heavy atom. The molecule has 0 radical (unpaired) electrons. The Kier molecular flexibility index (Phi) is 3.77. The number of nitrogens with two attached hydrogens (primary N) is 1. The number of hydrogen-bond donors (Lipinski definition) is 1. The summed E-state index contributed by atoms with van der Waals surface area (Å²) in [6, 6.07) is 6.61. The van der Waals surface area contributed by atoms with E-state index in [2.05, 4.69) is 11.9 Å². The van der Waals surface area contributed by atoms with Crippen LogP contribution in [0, 0.1) is 5.82 Å². The van der Waals surface area contributed by atoms with Crippen LogP contribution in [0.15, 0.2) is 36.8 Å². The molecule has 2 rings (SSSR count). The van der Waals surface area contributed by atoms with Crippen LogP contribution in [0.1, 0.15) is 43.6 Å². The van der Waals surface area contributed by atoms with Gasteiger partial charge in [0.05, 0.1) is 18.1 Å². The van der Waals surface area contributed by atoms with Crippen molar-refractivity contribution in [3.63, 3.8) is 0 Å². The van der Waals surface area contributed by atoms with E-state index in [0.29, 0.717) is 0 Å². The molecule has 2 atom stereocenters. The van der Waals surface area contributed by atoms with Crippen molar-refractivity contribution in [2.45, 2.75) is 32.4 Å². The number of aromatic nitrogens is 2. The highest BCUT2D eigenvalue weighted by Crippen LogP contribution is 2.23. The lowest BCUT2D eigenvalue weighted by Crippen LogP contribution is -2.17. The molecule has 1 aromatic heterocycles. The Hall–Kier alpha value is -1.68. The van der Waals surface area contributed by atoms with Gasteiger partial charge in [0.1, 0.15) is 5.82 Å². The third-order valence-corrected chi connectivity index (χ3v) is 3.29. The Balaban J connectivity index is 2.31. The molecule has 3 nitrogen and oxygen atoms in total. The molecule has 0 bridgehead atoms. The summed E-state index contributed by atoms with van der Waals surface area (Å²) in [4.78, 5) is 4.16. The molecular weight excluding hydrogens is 229 g/mol. The van der Waals surface area contributed by atoms with Gasteiger partial charge in [-0.2, -0.15) is 0 Å². The van der Waals surface area contributed by atoms with E-state index in [0.717, 1.165) is 17.7 Å². The zero-order valence-electron chi connectivity index (χ0n) is 10.7. The van der Waals surface area contributed by atoms with Gasteiger partial charge in [-0.1, -0.05) is 19.1 Å². The summed E-state index contributed by atoms with van der Waals surface area (Å²) in [6.45, 7) is 4.10. The van der Waals surface area contributed by atoms with Crippen molar-refractivity contribution >= 4 is 0 Å². The summed E-state index contributed by atoms with van der Waals surface area (Å²) in [7, 11) is 0. The van der Waals surface area contributed by atoms with Crippen molar-refractivity contribution in [3.05, 3.63) is 53.9 Å². The van der Waals surface area contributed by atoms with Gasteiger partial charge in [-0.25, -0.2) is 9.37 Å². The molecule has 0 aliphatic rings. The lowest BCUT2D eigenvalue weighted by atomic mass is 10.1. The summed E-state index contributed by atoms with van der Waals surface area (Å²) in [5.74, 6) is -0.220. The van der Waals surface area contributed by atoms with Gasteiger partial charge in [0.15, 0.2) is 0 Å². The van der Waals surface area contributed by atoms with Crippen LogP contribution >= 0.6 is 0 Å². The van der Waals surface area contributed by atoms with E-state index in [1.165, 1.54) is 12.1 Å². The standard InChI is InChI=1S/C14H18FN3/c1-3-13(16)14-8-17-9-18(14)10(2)11-4-6-12(15)7-5-11/h4-10,13H,3,16H2,1-2H3/t10?,13-/m1/s1. The smallest absolute Gasteiger partial charge is 0.123 e. The average molecular weight is 247 g/mol. The first-order valence-corrected chi connectivity index (χ1v) is 6.16. The van der Waals surface area contributed by atoms with Crippen LogP contribution in [0.2, 0.25) is 0 Å². The lowest BCUT2D eigenvalue weighted by molar-refractivity contribution is 0.556. The molecule has 2 N–H and O–H groups in total. The van der Waals surface area contributed by atoms with E-state index in [1.807, 2.05) is 11.5 Å². The zero-order valence-corrected chi connectivity index (χ0v) is 10.7. The van der Waals surface area contributed by atoms with Crippen molar-refractivity contribution < 1.29 is 4.39 Å². The van der Waals surface area contributed by atoms with Crippen LogP contribution in [-0.2, 0) is 0 Å². The van der Waals surface area contributed by atoms with Crippen molar-refractivity contribution in [3.8, 4) is 0 Å². The summed E-state index contributed by atoms with van der Waals surface area (Å²) in [5.41, 5.74) is 8.11. The lowest BCUT2D eigenvalue weighted by Gasteiger charge is -2.19. The van der Waals surface area contributed by atoms with Gasteiger partial charge in [0.25, 0.3) is 0 Å².